The molecule has 2 unspecified atom stereocenters. The fourth-order valence-electron chi connectivity index (χ4n) is 9.64. The van der Waals surface area contributed by atoms with Crippen LogP contribution in [0.25, 0.3) is 0 Å². The minimum absolute atomic E-state index is 0.0633. The standard InChI is InChI=1S/C63H122O6/c1-7-58(5)50-44-38-32-25-21-17-13-11-9-10-12-14-19-23-27-34-40-46-52-61(64)67-55-60(56-68-62(65)53-47-41-35-30-29-31-37-43-49-57(3)4)69-63(66)54-48-42-36-28-24-20-16-15-18-22-26-33-39-45-51-59(6)8-2/h57-60H,7-56H2,1-6H3/t58?,59?,60-/m0/s1. The SMILES string of the molecule is CCC(C)CCCCCCCCCCCCCCCCCCCCC(=O)OC[C@@H](COC(=O)CCCCCCCCCCC(C)C)OC(=O)CCCCCCCCCCCCCCCCC(C)CC. The zero-order valence-electron chi connectivity index (χ0n) is 47.6. The molecule has 0 aromatic carbocycles. The molecule has 0 aromatic heterocycles. The molecule has 0 aliphatic heterocycles. The van der Waals surface area contributed by atoms with Gasteiger partial charge in [-0.3, -0.25) is 14.4 Å². The first-order valence-corrected chi connectivity index (χ1v) is 31.2. The number of carbonyl (C=O) groups is 3. The molecule has 0 N–H and O–H groups in total. The maximum Gasteiger partial charge on any atom is 0.306 e. The third-order valence-electron chi connectivity index (χ3n) is 15.1. The highest BCUT2D eigenvalue weighted by atomic mass is 16.6. The van der Waals surface area contributed by atoms with Gasteiger partial charge in [0.05, 0.1) is 0 Å². The molecule has 0 aromatic rings. The van der Waals surface area contributed by atoms with Crippen LogP contribution in [0.5, 0.6) is 0 Å². The summed E-state index contributed by atoms with van der Waals surface area (Å²) in [5.41, 5.74) is 0. The summed E-state index contributed by atoms with van der Waals surface area (Å²) in [6.07, 6.45) is 58.1. The average Bonchev–Trinajstić information content (AvgIpc) is 3.34. The molecule has 0 fully saturated rings. The van der Waals surface area contributed by atoms with E-state index in [1.165, 1.54) is 231 Å². The van der Waals surface area contributed by atoms with Gasteiger partial charge in [0.15, 0.2) is 6.10 Å². The molecule has 0 heterocycles. The van der Waals surface area contributed by atoms with Crippen molar-refractivity contribution in [3.8, 4) is 0 Å². The molecule has 0 amide bonds. The Morgan fingerprint density at radius 1 is 0.290 bits per heavy atom. The van der Waals surface area contributed by atoms with E-state index in [0.717, 1.165) is 75.5 Å². The molecular formula is C63H122O6. The average molecular weight is 976 g/mol. The number of carbonyl (C=O) groups excluding carboxylic acids is 3. The van der Waals surface area contributed by atoms with Crippen LogP contribution in [0.4, 0.5) is 0 Å². The van der Waals surface area contributed by atoms with E-state index in [9.17, 15) is 14.4 Å². The molecule has 0 spiro atoms. The zero-order valence-corrected chi connectivity index (χ0v) is 47.6. The molecule has 0 bridgehead atoms. The lowest BCUT2D eigenvalue weighted by molar-refractivity contribution is -0.167. The van der Waals surface area contributed by atoms with Crippen molar-refractivity contribution in [2.45, 2.75) is 356 Å². The first kappa shape index (κ1) is 67.4. The number of esters is 3. The smallest absolute Gasteiger partial charge is 0.306 e. The largest absolute Gasteiger partial charge is 0.462 e. The van der Waals surface area contributed by atoms with Gasteiger partial charge < -0.3 is 14.2 Å². The van der Waals surface area contributed by atoms with Crippen molar-refractivity contribution in [1.29, 1.82) is 0 Å². The fourth-order valence-corrected chi connectivity index (χ4v) is 9.64. The first-order valence-electron chi connectivity index (χ1n) is 31.2. The summed E-state index contributed by atoms with van der Waals surface area (Å²) >= 11 is 0. The Kier molecular flexibility index (Phi) is 52.9. The molecular weight excluding hydrogens is 853 g/mol. The Labute approximate surface area is 431 Å². The van der Waals surface area contributed by atoms with Crippen LogP contribution in [0.2, 0.25) is 0 Å². The van der Waals surface area contributed by atoms with Gasteiger partial charge in [-0.1, -0.05) is 311 Å². The monoisotopic (exact) mass is 975 g/mol. The van der Waals surface area contributed by atoms with E-state index >= 15 is 0 Å². The van der Waals surface area contributed by atoms with Crippen molar-refractivity contribution in [2.75, 3.05) is 13.2 Å². The molecule has 0 saturated heterocycles. The first-order chi connectivity index (χ1) is 33.7. The predicted octanol–water partition coefficient (Wildman–Crippen LogP) is 20.7. The van der Waals surface area contributed by atoms with Crippen LogP contribution in [0.1, 0.15) is 350 Å². The third-order valence-corrected chi connectivity index (χ3v) is 15.1. The van der Waals surface area contributed by atoms with Gasteiger partial charge in [-0.15, -0.1) is 0 Å². The van der Waals surface area contributed by atoms with Crippen LogP contribution < -0.4 is 0 Å². The van der Waals surface area contributed by atoms with Crippen LogP contribution in [0, 0.1) is 17.8 Å². The third kappa shape index (κ3) is 54.0. The predicted molar refractivity (Wildman–Crippen MR) is 298 cm³/mol. The molecule has 0 aliphatic carbocycles. The summed E-state index contributed by atoms with van der Waals surface area (Å²) in [6, 6.07) is 0. The molecule has 6 heteroatoms. The molecule has 0 radical (unpaired) electrons. The summed E-state index contributed by atoms with van der Waals surface area (Å²) in [4.78, 5) is 38.2. The Morgan fingerprint density at radius 2 is 0.507 bits per heavy atom. The Balaban J connectivity index is 4.22. The lowest BCUT2D eigenvalue weighted by Crippen LogP contribution is -2.30. The Hall–Kier alpha value is -1.59. The summed E-state index contributed by atoms with van der Waals surface area (Å²) in [5.74, 6) is 1.76. The van der Waals surface area contributed by atoms with Gasteiger partial charge in [0.25, 0.3) is 0 Å². The zero-order chi connectivity index (χ0) is 50.5. The lowest BCUT2D eigenvalue weighted by atomic mass is 9.99. The van der Waals surface area contributed by atoms with Gasteiger partial charge in [0, 0.05) is 19.3 Å². The number of rotatable bonds is 56. The molecule has 0 saturated carbocycles. The van der Waals surface area contributed by atoms with Crippen molar-refractivity contribution in [2.24, 2.45) is 17.8 Å². The Morgan fingerprint density at radius 3 is 0.754 bits per heavy atom. The van der Waals surface area contributed by atoms with Gasteiger partial charge in [0.1, 0.15) is 13.2 Å². The maximum atomic E-state index is 12.9. The quantitative estimate of drug-likeness (QED) is 0.0343. The lowest BCUT2D eigenvalue weighted by Gasteiger charge is -2.18. The van der Waals surface area contributed by atoms with Crippen molar-refractivity contribution in [3.05, 3.63) is 0 Å². The van der Waals surface area contributed by atoms with Gasteiger partial charge in [0.2, 0.25) is 0 Å². The summed E-state index contributed by atoms with van der Waals surface area (Å²) in [5, 5.41) is 0. The van der Waals surface area contributed by atoms with Crippen molar-refractivity contribution in [3.63, 3.8) is 0 Å². The van der Waals surface area contributed by atoms with Crippen LogP contribution in [-0.2, 0) is 28.6 Å². The highest BCUT2D eigenvalue weighted by Gasteiger charge is 2.19. The Bertz CT molecular complexity index is 1070. The van der Waals surface area contributed by atoms with E-state index in [1.807, 2.05) is 0 Å². The van der Waals surface area contributed by atoms with E-state index in [4.69, 9.17) is 14.2 Å². The van der Waals surface area contributed by atoms with Crippen molar-refractivity contribution >= 4 is 17.9 Å². The number of hydrogen-bond acceptors (Lipinski definition) is 6. The summed E-state index contributed by atoms with van der Waals surface area (Å²) in [6.45, 7) is 13.8. The van der Waals surface area contributed by atoms with Crippen LogP contribution in [-0.4, -0.2) is 37.2 Å². The summed E-state index contributed by atoms with van der Waals surface area (Å²) < 4.78 is 16.9. The number of ether oxygens (including phenoxy) is 3. The second-order valence-electron chi connectivity index (χ2n) is 22.7. The van der Waals surface area contributed by atoms with E-state index in [2.05, 4.69) is 41.5 Å². The molecule has 3 atom stereocenters. The molecule has 410 valence electrons. The van der Waals surface area contributed by atoms with Gasteiger partial charge in [-0.2, -0.15) is 0 Å². The second-order valence-corrected chi connectivity index (χ2v) is 22.7. The van der Waals surface area contributed by atoms with Crippen molar-refractivity contribution < 1.29 is 28.6 Å². The molecule has 0 aliphatic rings. The van der Waals surface area contributed by atoms with Gasteiger partial charge in [-0.25, -0.2) is 0 Å². The minimum Gasteiger partial charge on any atom is -0.462 e. The van der Waals surface area contributed by atoms with Gasteiger partial charge in [-0.05, 0) is 37.0 Å². The van der Waals surface area contributed by atoms with Crippen LogP contribution in [0.3, 0.4) is 0 Å². The van der Waals surface area contributed by atoms with Crippen LogP contribution >= 0.6 is 0 Å². The molecule has 69 heavy (non-hydrogen) atoms. The van der Waals surface area contributed by atoms with E-state index in [1.54, 1.807) is 0 Å². The van der Waals surface area contributed by atoms with Crippen LogP contribution in [0.15, 0.2) is 0 Å². The maximum absolute atomic E-state index is 12.9. The normalized spacial score (nSPS) is 12.9. The minimum atomic E-state index is -0.764. The van der Waals surface area contributed by atoms with Gasteiger partial charge >= 0.3 is 17.9 Å². The molecule has 0 rings (SSSR count). The topological polar surface area (TPSA) is 78.9 Å². The number of hydrogen-bond donors (Lipinski definition) is 0. The van der Waals surface area contributed by atoms with Crippen molar-refractivity contribution in [1.82, 2.24) is 0 Å². The molecule has 6 nitrogen and oxygen atoms in total. The van der Waals surface area contributed by atoms with E-state index in [-0.39, 0.29) is 31.1 Å². The second kappa shape index (κ2) is 54.2. The van der Waals surface area contributed by atoms with E-state index in [0.29, 0.717) is 19.3 Å². The fraction of sp³-hybridized carbons (Fsp3) is 0.952. The number of unbranched alkanes of at least 4 members (excludes halogenated alkanes) is 37. The highest BCUT2D eigenvalue weighted by Crippen LogP contribution is 2.20. The highest BCUT2D eigenvalue weighted by molar-refractivity contribution is 5.71. The van der Waals surface area contributed by atoms with E-state index < -0.39 is 6.10 Å². The summed E-state index contributed by atoms with van der Waals surface area (Å²) in [7, 11) is 0.